The van der Waals surface area contributed by atoms with Crippen molar-refractivity contribution in [3.05, 3.63) is 42.1 Å². The molecule has 0 spiro atoms. The molecule has 0 aliphatic carbocycles. The zero-order valence-corrected chi connectivity index (χ0v) is 10.3. The third-order valence-electron chi connectivity index (χ3n) is 2.66. The van der Waals surface area contributed by atoms with Crippen LogP contribution >= 0.6 is 0 Å². The first-order valence-electron chi connectivity index (χ1n) is 5.96. The van der Waals surface area contributed by atoms with Crippen LogP contribution < -0.4 is 5.32 Å². The minimum Gasteiger partial charge on any atom is -0.370 e. The summed E-state index contributed by atoms with van der Waals surface area (Å²) in [6.45, 7) is 5.96. The zero-order valence-electron chi connectivity index (χ0n) is 10.3. The predicted octanol–water partition coefficient (Wildman–Crippen LogP) is 2.46. The molecule has 0 bridgehead atoms. The average molecular weight is 230 g/mol. The number of hydrogen-bond acceptors (Lipinski definition) is 3. The highest BCUT2D eigenvalue weighted by Crippen LogP contribution is 2.09. The van der Waals surface area contributed by atoms with E-state index in [0.717, 1.165) is 31.2 Å². The Hall–Kier alpha value is -1.84. The van der Waals surface area contributed by atoms with Gasteiger partial charge in [0.25, 0.3) is 0 Å². The Labute approximate surface area is 102 Å². The number of anilines is 1. The van der Waals surface area contributed by atoms with Gasteiger partial charge < -0.3 is 9.88 Å². The Morgan fingerprint density at radius 2 is 2.18 bits per heavy atom. The number of aromatic nitrogens is 3. The second-order valence-electron chi connectivity index (χ2n) is 4.08. The molecule has 2 rings (SSSR count). The summed E-state index contributed by atoms with van der Waals surface area (Å²) in [6.07, 6.45) is 6.77. The fourth-order valence-electron chi connectivity index (χ4n) is 1.69. The lowest BCUT2D eigenvalue weighted by molar-refractivity contribution is 0.760. The maximum Gasteiger partial charge on any atom is 0.126 e. The van der Waals surface area contributed by atoms with Gasteiger partial charge in [-0.25, -0.2) is 9.97 Å². The first kappa shape index (κ1) is 11.6. The summed E-state index contributed by atoms with van der Waals surface area (Å²) in [7, 11) is 0. The summed E-state index contributed by atoms with van der Waals surface area (Å²) in [6, 6.07) is 4.13. The fourth-order valence-corrected chi connectivity index (χ4v) is 1.69. The Kier molecular flexibility index (Phi) is 3.75. The number of nitrogens with zero attached hydrogens (tertiary/aromatic N) is 3. The lowest BCUT2D eigenvalue weighted by atomic mass is 10.2. The van der Waals surface area contributed by atoms with Crippen molar-refractivity contribution >= 4 is 5.82 Å². The molecule has 4 nitrogen and oxygen atoms in total. The van der Waals surface area contributed by atoms with Crippen molar-refractivity contribution < 1.29 is 0 Å². The van der Waals surface area contributed by atoms with Gasteiger partial charge in [0.2, 0.25) is 0 Å². The predicted molar refractivity (Wildman–Crippen MR) is 69.1 cm³/mol. The van der Waals surface area contributed by atoms with Crippen molar-refractivity contribution in [1.29, 1.82) is 0 Å². The first-order valence-corrected chi connectivity index (χ1v) is 5.96. The van der Waals surface area contributed by atoms with Crippen LogP contribution in [0.25, 0.3) is 0 Å². The SMILES string of the molecule is CCCNc1cc(Cn2ccnc2C)ccn1. The Bertz CT molecular complexity index is 476. The van der Waals surface area contributed by atoms with Gasteiger partial charge >= 0.3 is 0 Å². The second kappa shape index (κ2) is 5.48. The molecule has 0 saturated heterocycles. The van der Waals surface area contributed by atoms with Crippen LogP contribution in [0, 0.1) is 6.92 Å². The molecule has 0 atom stereocenters. The van der Waals surface area contributed by atoms with Crippen LogP contribution in [0.5, 0.6) is 0 Å². The summed E-state index contributed by atoms with van der Waals surface area (Å²) >= 11 is 0. The van der Waals surface area contributed by atoms with Crippen LogP contribution in [0.4, 0.5) is 5.82 Å². The van der Waals surface area contributed by atoms with E-state index >= 15 is 0 Å². The highest BCUT2D eigenvalue weighted by molar-refractivity contribution is 5.37. The van der Waals surface area contributed by atoms with Crippen molar-refractivity contribution in [2.45, 2.75) is 26.8 Å². The largest absolute Gasteiger partial charge is 0.370 e. The average Bonchev–Trinajstić information content (AvgIpc) is 2.73. The van der Waals surface area contributed by atoms with Crippen LogP contribution in [0.1, 0.15) is 24.7 Å². The molecule has 2 aromatic heterocycles. The number of rotatable bonds is 5. The molecular weight excluding hydrogens is 212 g/mol. The van der Waals surface area contributed by atoms with Crippen LogP contribution in [0.15, 0.2) is 30.7 Å². The van der Waals surface area contributed by atoms with Crippen LogP contribution in [-0.2, 0) is 6.54 Å². The van der Waals surface area contributed by atoms with Gasteiger partial charge in [-0.15, -0.1) is 0 Å². The van der Waals surface area contributed by atoms with Gasteiger partial charge in [-0.3, -0.25) is 0 Å². The van der Waals surface area contributed by atoms with Gasteiger partial charge in [0.1, 0.15) is 11.6 Å². The van der Waals surface area contributed by atoms with E-state index in [-0.39, 0.29) is 0 Å². The number of nitrogens with one attached hydrogen (secondary N) is 1. The lowest BCUT2D eigenvalue weighted by Crippen LogP contribution is -2.04. The quantitative estimate of drug-likeness (QED) is 0.858. The van der Waals surface area contributed by atoms with E-state index in [9.17, 15) is 0 Å². The first-order chi connectivity index (χ1) is 8.29. The molecule has 0 amide bonds. The van der Waals surface area contributed by atoms with Crippen molar-refractivity contribution in [3.63, 3.8) is 0 Å². The molecule has 0 aliphatic heterocycles. The van der Waals surface area contributed by atoms with Crippen LogP contribution in [0.2, 0.25) is 0 Å². The summed E-state index contributed by atoms with van der Waals surface area (Å²) < 4.78 is 2.12. The van der Waals surface area contributed by atoms with E-state index < -0.39 is 0 Å². The van der Waals surface area contributed by atoms with Crippen molar-refractivity contribution in [1.82, 2.24) is 14.5 Å². The van der Waals surface area contributed by atoms with Crippen molar-refractivity contribution in [2.75, 3.05) is 11.9 Å². The van der Waals surface area contributed by atoms with E-state index in [1.807, 2.05) is 31.6 Å². The summed E-state index contributed by atoms with van der Waals surface area (Å²) in [5.41, 5.74) is 1.24. The molecule has 17 heavy (non-hydrogen) atoms. The molecule has 2 heterocycles. The summed E-state index contributed by atoms with van der Waals surface area (Å²) in [4.78, 5) is 8.51. The van der Waals surface area contributed by atoms with Crippen LogP contribution in [0.3, 0.4) is 0 Å². The standard InChI is InChI=1S/C13H18N4/c1-3-5-15-13-9-12(4-6-16-13)10-17-8-7-14-11(17)2/h4,6-9H,3,5,10H2,1-2H3,(H,15,16). The highest BCUT2D eigenvalue weighted by atomic mass is 15.1. The van der Waals surface area contributed by atoms with Crippen LogP contribution in [-0.4, -0.2) is 21.1 Å². The van der Waals surface area contributed by atoms with Gasteiger partial charge in [0, 0.05) is 31.7 Å². The van der Waals surface area contributed by atoms with Gasteiger partial charge in [-0.1, -0.05) is 6.92 Å². The highest BCUT2D eigenvalue weighted by Gasteiger charge is 2.00. The molecule has 0 radical (unpaired) electrons. The molecular formula is C13H18N4. The molecule has 4 heteroatoms. The molecule has 0 aliphatic rings. The third-order valence-corrected chi connectivity index (χ3v) is 2.66. The smallest absolute Gasteiger partial charge is 0.126 e. The molecule has 1 N–H and O–H groups in total. The molecule has 0 fully saturated rings. The minimum atomic E-state index is 0.842. The Morgan fingerprint density at radius 3 is 2.88 bits per heavy atom. The number of pyridine rings is 1. The normalized spacial score (nSPS) is 10.5. The van der Waals surface area contributed by atoms with Gasteiger partial charge in [-0.05, 0) is 31.0 Å². The van der Waals surface area contributed by atoms with E-state index in [0.29, 0.717) is 0 Å². The van der Waals surface area contributed by atoms with Crippen molar-refractivity contribution in [3.8, 4) is 0 Å². The topological polar surface area (TPSA) is 42.7 Å². The Balaban J connectivity index is 2.08. The van der Waals surface area contributed by atoms with E-state index in [2.05, 4.69) is 32.8 Å². The number of imidazole rings is 1. The minimum absolute atomic E-state index is 0.842. The number of hydrogen-bond donors (Lipinski definition) is 1. The third kappa shape index (κ3) is 3.06. The maximum absolute atomic E-state index is 4.29. The molecule has 0 unspecified atom stereocenters. The molecule has 0 aromatic carbocycles. The van der Waals surface area contributed by atoms with Gasteiger partial charge in [-0.2, -0.15) is 0 Å². The van der Waals surface area contributed by atoms with E-state index in [4.69, 9.17) is 0 Å². The summed E-state index contributed by atoms with van der Waals surface area (Å²) in [5.74, 6) is 1.98. The number of aryl methyl sites for hydroxylation is 1. The van der Waals surface area contributed by atoms with Gasteiger partial charge in [0.15, 0.2) is 0 Å². The van der Waals surface area contributed by atoms with E-state index in [1.165, 1.54) is 5.56 Å². The molecule has 0 saturated carbocycles. The van der Waals surface area contributed by atoms with E-state index in [1.54, 1.807) is 0 Å². The fraction of sp³-hybridized carbons (Fsp3) is 0.385. The molecule has 2 aromatic rings. The van der Waals surface area contributed by atoms with Gasteiger partial charge in [0.05, 0.1) is 0 Å². The second-order valence-corrected chi connectivity index (χ2v) is 4.08. The zero-order chi connectivity index (χ0) is 12.1. The summed E-state index contributed by atoms with van der Waals surface area (Å²) in [5, 5.41) is 3.29. The Morgan fingerprint density at radius 1 is 1.29 bits per heavy atom. The molecule has 90 valence electrons. The monoisotopic (exact) mass is 230 g/mol. The maximum atomic E-state index is 4.29. The van der Waals surface area contributed by atoms with Crippen molar-refractivity contribution in [2.24, 2.45) is 0 Å². The lowest BCUT2D eigenvalue weighted by Gasteiger charge is -2.08.